The molecule has 1 saturated heterocycles. The van der Waals surface area contributed by atoms with E-state index >= 15 is 0 Å². The second-order valence-electron chi connectivity index (χ2n) is 14.6. The molecule has 14 nitrogen and oxygen atoms in total. The van der Waals surface area contributed by atoms with Crippen LogP contribution in [0.3, 0.4) is 0 Å². The van der Waals surface area contributed by atoms with E-state index in [1.807, 2.05) is 73.1 Å². The molecule has 6 rings (SSSR count). The highest BCUT2D eigenvalue weighted by Crippen LogP contribution is 2.31. The summed E-state index contributed by atoms with van der Waals surface area (Å²) < 4.78 is 13.0. The van der Waals surface area contributed by atoms with Crippen LogP contribution in [0.1, 0.15) is 47.7 Å². The van der Waals surface area contributed by atoms with Crippen molar-refractivity contribution in [2.45, 2.75) is 50.7 Å². The molecule has 56 heavy (non-hydrogen) atoms. The van der Waals surface area contributed by atoms with Crippen LogP contribution in [0.4, 0.5) is 0 Å². The van der Waals surface area contributed by atoms with Gasteiger partial charge in [-0.1, -0.05) is 56.3 Å². The summed E-state index contributed by atoms with van der Waals surface area (Å²) >= 11 is 0. The van der Waals surface area contributed by atoms with Gasteiger partial charge in [-0.2, -0.15) is 0 Å². The average molecular weight is 764 g/mol. The highest BCUT2D eigenvalue weighted by molar-refractivity contribution is 5.95. The molecule has 14 heteroatoms. The van der Waals surface area contributed by atoms with Crippen molar-refractivity contribution in [2.75, 3.05) is 46.5 Å². The normalized spacial score (nSPS) is 21.0. The van der Waals surface area contributed by atoms with Crippen molar-refractivity contribution in [1.82, 2.24) is 35.3 Å². The summed E-state index contributed by atoms with van der Waals surface area (Å²) in [5.41, 5.74) is 2.97. The summed E-state index contributed by atoms with van der Waals surface area (Å²) in [7, 11) is 1.50. The Labute approximate surface area is 326 Å². The Morgan fingerprint density at radius 3 is 2.39 bits per heavy atom. The fraction of sp³-hybridized carbons (Fsp3) is 0.381. The van der Waals surface area contributed by atoms with Gasteiger partial charge in [0.15, 0.2) is 6.61 Å². The van der Waals surface area contributed by atoms with E-state index in [1.165, 1.54) is 12.0 Å². The number of nitrogens with zero attached hydrogens (tertiary/aromatic N) is 4. The molecule has 0 unspecified atom stereocenters. The first-order valence-corrected chi connectivity index (χ1v) is 18.9. The van der Waals surface area contributed by atoms with Gasteiger partial charge in [0.2, 0.25) is 17.7 Å². The van der Waals surface area contributed by atoms with E-state index in [0.29, 0.717) is 24.3 Å². The average Bonchev–Trinajstić information content (AvgIpc) is 3.89. The lowest BCUT2D eigenvalue weighted by Gasteiger charge is -2.29. The number of imidazole rings is 1. The van der Waals surface area contributed by atoms with Crippen LogP contribution in [0.2, 0.25) is 0 Å². The fourth-order valence-electron chi connectivity index (χ4n) is 7.18. The molecule has 4 atom stereocenters. The number of benzene rings is 3. The fourth-order valence-corrected chi connectivity index (χ4v) is 7.18. The van der Waals surface area contributed by atoms with Crippen LogP contribution < -0.4 is 20.7 Å². The molecule has 2 aliphatic rings. The molecule has 0 aliphatic carbocycles. The summed E-state index contributed by atoms with van der Waals surface area (Å²) in [5.74, 6) is -1.98. The minimum Gasteiger partial charge on any atom is -0.484 e. The predicted molar refractivity (Wildman–Crippen MR) is 208 cm³/mol. The summed E-state index contributed by atoms with van der Waals surface area (Å²) in [4.78, 5) is 76.5. The van der Waals surface area contributed by atoms with Crippen LogP contribution in [-0.4, -0.2) is 114 Å². The third kappa shape index (κ3) is 10.2. The number of nitrogens with one attached hydrogen (secondary N) is 3. The van der Waals surface area contributed by atoms with Crippen molar-refractivity contribution < 1.29 is 33.4 Å². The quantitative estimate of drug-likeness (QED) is 0.234. The first-order valence-electron chi connectivity index (χ1n) is 18.9. The first kappa shape index (κ1) is 39.7. The second kappa shape index (κ2) is 18.5. The number of fused-ring (bicyclic) bond motifs is 4. The Balaban J connectivity index is 1.32. The summed E-state index contributed by atoms with van der Waals surface area (Å²) in [5, 5.41) is 8.89. The van der Waals surface area contributed by atoms with Crippen LogP contribution >= 0.6 is 0 Å². The molecule has 3 N–H and O–H groups in total. The highest BCUT2D eigenvalue weighted by atomic mass is 16.5. The first-order chi connectivity index (χ1) is 27.1. The number of hydrogen-bond acceptors (Lipinski definition) is 8. The third-order valence-electron chi connectivity index (χ3n) is 9.99. The molecule has 5 amide bonds. The van der Waals surface area contributed by atoms with Crippen LogP contribution in [0.15, 0.2) is 97.6 Å². The molecule has 294 valence electrons. The Kier molecular flexibility index (Phi) is 13.1. The summed E-state index contributed by atoms with van der Waals surface area (Å²) in [6, 6.07) is 21.3. The molecule has 1 fully saturated rings. The van der Waals surface area contributed by atoms with Crippen LogP contribution in [0.25, 0.3) is 5.69 Å². The molecule has 4 aromatic rings. The molecular formula is C42H49N7O7. The van der Waals surface area contributed by atoms with Gasteiger partial charge in [-0.15, -0.1) is 0 Å². The van der Waals surface area contributed by atoms with Crippen LogP contribution in [-0.2, 0) is 30.3 Å². The summed E-state index contributed by atoms with van der Waals surface area (Å²) in [6.45, 7) is 3.91. The van der Waals surface area contributed by atoms with E-state index in [4.69, 9.17) is 9.47 Å². The number of carbonyl (C=O) groups is 5. The minimum absolute atomic E-state index is 0.0456. The molecule has 3 heterocycles. The monoisotopic (exact) mass is 763 g/mol. The zero-order chi connectivity index (χ0) is 39.6. The van der Waals surface area contributed by atoms with E-state index < -0.39 is 41.8 Å². The van der Waals surface area contributed by atoms with Gasteiger partial charge in [-0.05, 0) is 59.9 Å². The van der Waals surface area contributed by atoms with Crippen molar-refractivity contribution in [3.63, 3.8) is 0 Å². The van der Waals surface area contributed by atoms with Gasteiger partial charge in [0.1, 0.15) is 17.8 Å². The number of carbonyl (C=O) groups excluding carboxylic acids is 5. The lowest BCUT2D eigenvalue weighted by atomic mass is 9.93. The number of likely N-dealkylation sites (tertiary alicyclic amines) is 1. The number of amides is 5. The van der Waals surface area contributed by atoms with E-state index in [2.05, 4.69) is 20.9 Å². The van der Waals surface area contributed by atoms with Crippen molar-refractivity contribution in [2.24, 2.45) is 5.92 Å². The van der Waals surface area contributed by atoms with E-state index in [0.717, 1.165) is 16.8 Å². The van der Waals surface area contributed by atoms with Crippen molar-refractivity contribution in [1.29, 1.82) is 0 Å². The maximum Gasteiger partial charge on any atom is 0.258 e. The number of hydrogen-bond donors (Lipinski definition) is 3. The van der Waals surface area contributed by atoms with Gasteiger partial charge in [0, 0.05) is 62.7 Å². The Bertz CT molecular complexity index is 1970. The smallest absolute Gasteiger partial charge is 0.258 e. The largest absolute Gasteiger partial charge is 0.484 e. The Hall–Kier alpha value is -6.02. The molecular weight excluding hydrogens is 715 g/mol. The van der Waals surface area contributed by atoms with E-state index in [-0.39, 0.29) is 57.0 Å². The van der Waals surface area contributed by atoms with Gasteiger partial charge in [0.25, 0.3) is 11.8 Å². The van der Waals surface area contributed by atoms with Gasteiger partial charge in [0.05, 0.1) is 25.5 Å². The number of rotatable bonds is 9. The lowest BCUT2D eigenvalue weighted by molar-refractivity contribution is -0.141. The number of ether oxygens (including phenoxy) is 2. The van der Waals surface area contributed by atoms with Crippen LogP contribution in [0, 0.1) is 5.92 Å². The Morgan fingerprint density at radius 1 is 0.911 bits per heavy atom. The Morgan fingerprint density at radius 2 is 1.68 bits per heavy atom. The minimum atomic E-state index is -1.01. The second-order valence-corrected chi connectivity index (χ2v) is 14.6. The lowest BCUT2D eigenvalue weighted by Crippen LogP contribution is -2.56. The highest BCUT2D eigenvalue weighted by Gasteiger charge is 2.39. The zero-order valence-corrected chi connectivity index (χ0v) is 31.9. The van der Waals surface area contributed by atoms with Crippen molar-refractivity contribution in [3.8, 4) is 11.4 Å². The van der Waals surface area contributed by atoms with Crippen molar-refractivity contribution >= 4 is 29.5 Å². The van der Waals surface area contributed by atoms with Gasteiger partial charge in [-0.25, -0.2) is 4.98 Å². The molecule has 2 bridgehead atoms. The SMILES string of the molecule is COCCN1CC(=O)N[C@@H](Cc2ccccc2)C(=O)N[C@H]2CN(C(=O)c3ccc(-n4ccnc4)cc3)C[C@@H]2c2cccc(c2)OCC(=O)N[C@H](CC(C)C)C1=O. The number of methoxy groups -OCH3 is 1. The van der Waals surface area contributed by atoms with Crippen LogP contribution in [0.5, 0.6) is 5.75 Å². The molecule has 0 saturated carbocycles. The summed E-state index contributed by atoms with van der Waals surface area (Å²) in [6.07, 6.45) is 5.70. The topological polar surface area (TPSA) is 164 Å². The maximum absolute atomic E-state index is 14.3. The maximum atomic E-state index is 14.3. The van der Waals surface area contributed by atoms with E-state index in [1.54, 1.807) is 47.8 Å². The van der Waals surface area contributed by atoms with Gasteiger partial charge in [-0.3, -0.25) is 24.0 Å². The predicted octanol–water partition coefficient (Wildman–Crippen LogP) is 2.72. The van der Waals surface area contributed by atoms with Gasteiger partial charge >= 0.3 is 0 Å². The molecule has 3 aromatic carbocycles. The molecule has 2 aliphatic heterocycles. The number of aromatic nitrogens is 2. The molecule has 1 aromatic heterocycles. The zero-order valence-electron chi connectivity index (χ0n) is 31.9. The standard InChI is InChI=1S/C42H49N7O7/c1-28(2)20-36-42(54)47(18-19-55-3)25-38(50)44-35(21-29-8-5-4-6-9-29)40(52)46-37-24-49(41(53)30-12-14-32(15-13-30)48-17-16-43-27-48)23-34(37)31-10-7-11-33(22-31)56-26-39(51)45-36/h4-17,22,27-28,34-37H,18-21,23-26H2,1-3H3,(H,44,50)(H,45,51)(H,46,52)/t34-,35+,36-,37+/m1/s1. The van der Waals surface area contributed by atoms with E-state index in [9.17, 15) is 24.0 Å². The molecule has 0 radical (unpaired) electrons. The molecule has 0 spiro atoms. The van der Waals surface area contributed by atoms with Crippen molar-refractivity contribution in [3.05, 3.63) is 114 Å². The van der Waals surface area contributed by atoms with Gasteiger partial charge < -0.3 is 39.8 Å². The third-order valence-corrected chi connectivity index (χ3v) is 9.99.